The lowest BCUT2D eigenvalue weighted by molar-refractivity contribution is -0.122. The topological polar surface area (TPSA) is 83.9 Å². The maximum absolute atomic E-state index is 8.36. The molecule has 0 bridgehead atoms. The molecule has 2 N–H and O–H groups in total. The summed E-state index contributed by atoms with van der Waals surface area (Å²) in [5, 5.41) is 11.6. The molecule has 0 saturated carbocycles. The van der Waals surface area contributed by atoms with Crippen molar-refractivity contribution in [3.63, 3.8) is 0 Å². The Morgan fingerprint density at radius 3 is 2.53 bits per heavy atom. The summed E-state index contributed by atoms with van der Waals surface area (Å²) in [7, 11) is 1.73. The van der Waals surface area contributed by atoms with Crippen LogP contribution in [-0.2, 0) is 17.6 Å². The van der Waals surface area contributed by atoms with Crippen LogP contribution in [0.5, 0.6) is 11.5 Å². The van der Waals surface area contributed by atoms with Gasteiger partial charge in [0.15, 0.2) is 11.5 Å². The number of hydrogen-bond donors (Lipinski definition) is 2. The van der Waals surface area contributed by atoms with E-state index in [0.717, 1.165) is 55.2 Å². The quantitative estimate of drug-likeness (QED) is 0.463. The third-order valence-corrected chi connectivity index (χ3v) is 6.22. The van der Waals surface area contributed by atoms with E-state index >= 15 is 0 Å². The lowest BCUT2D eigenvalue weighted by Crippen LogP contribution is -2.21. The summed E-state index contributed by atoms with van der Waals surface area (Å²) < 4.78 is 11.8. The van der Waals surface area contributed by atoms with E-state index in [2.05, 4.69) is 43.1 Å². The molecule has 2 aliphatic rings. The second-order valence-electron chi connectivity index (χ2n) is 9.34. The van der Waals surface area contributed by atoms with Crippen molar-refractivity contribution in [2.24, 2.45) is 5.41 Å². The number of methoxy groups -OCH3 is 1. The summed E-state index contributed by atoms with van der Waals surface area (Å²) in [6.45, 7) is 11.7. The monoisotopic (exact) mass is 443 g/mol. The van der Waals surface area contributed by atoms with E-state index in [4.69, 9.17) is 24.4 Å². The summed E-state index contributed by atoms with van der Waals surface area (Å²) in [4.78, 5) is 15.9. The smallest absolute Gasteiger partial charge is 0.290 e. The van der Waals surface area contributed by atoms with Gasteiger partial charge in [-0.15, -0.1) is 0 Å². The number of nitrogens with one attached hydrogen (secondary N) is 1. The molecule has 0 spiro atoms. The highest BCUT2D eigenvalue weighted by Gasteiger charge is 2.33. The van der Waals surface area contributed by atoms with Crippen LogP contribution in [0, 0.1) is 5.41 Å². The van der Waals surface area contributed by atoms with Crippen molar-refractivity contribution < 1.29 is 19.4 Å². The van der Waals surface area contributed by atoms with Gasteiger partial charge in [0, 0.05) is 24.5 Å². The molecule has 4 rings (SSSR count). The maximum Gasteiger partial charge on any atom is 0.290 e. The molecular formula is C25H37N3O4. The highest BCUT2D eigenvalue weighted by molar-refractivity contribution is 5.89. The molecule has 2 heterocycles. The number of carbonyl (C=O) groups is 1. The van der Waals surface area contributed by atoms with Gasteiger partial charge in [-0.1, -0.05) is 13.8 Å². The van der Waals surface area contributed by atoms with Gasteiger partial charge in [-0.2, -0.15) is 0 Å². The molecule has 0 amide bonds. The molecule has 1 fully saturated rings. The van der Waals surface area contributed by atoms with Gasteiger partial charge in [0.05, 0.1) is 19.2 Å². The minimum Gasteiger partial charge on any atom is -0.493 e. The van der Waals surface area contributed by atoms with Crippen LogP contribution in [0.3, 0.4) is 0 Å². The summed E-state index contributed by atoms with van der Waals surface area (Å²) in [6, 6.07) is 4.20. The average Bonchev–Trinajstić information content (AvgIpc) is 3.38. The summed E-state index contributed by atoms with van der Waals surface area (Å²) in [5.74, 6) is 2.64. The van der Waals surface area contributed by atoms with Gasteiger partial charge in [-0.3, -0.25) is 4.79 Å². The van der Waals surface area contributed by atoms with E-state index < -0.39 is 0 Å². The zero-order valence-corrected chi connectivity index (χ0v) is 19.9. The predicted molar refractivity (Wildman–Crippen MR) is 128 cm³/mol. The normalized spacial score (nSPS) is 16.9. The van der Waals surface area contributed by atoms with Crippen LogP contribution < -0.4 is 14.8 Å². The molecule has 2 aromatic rings. The number of carboxylic acid groups (broad SMARTS) is 1. The number of nitrogens with zero attached hydrogens (tertiary/aromatic N) is 2. The van der Waals surface area contributed by atoms with Crippen LogP contribution in [-0.4, -0.2) is 61.4 Å². The molecular weight excluding hydrogens is 406 g/mol. The Bertz CT molecular complexity index is 923. The highest BCUT2D eigenvalue weighted by atomic mass is 16.5. The van der Waals surface area contributed by atoms with Crippen LogP contribution in [0.4, 0.5) is 5.82 Å². The van der Waals surface area contributed by atoms with Gasteiger partial charge < -0.3 is 24.8 Å². The lowest BCUT2D eigenvalue weighted by atomic mass is 9.90. The van der Waals surface area contributed by atoms with Crippen molar-refractivity contribution in [3.8, 4) is 11.5 Å². The van der Waals surface area contributed by atoms with Gasteiger partial charge >= 0.3 is 0 Å². The Morgan fingerprint density at radius 1 is 1.19 bits per heavy atom. The van der Waals surface area contributed by atoms with E-state index in [9.17, 15) is 0 Å². The van der Waals surface area contributed by atoms with Crippen LogP contribution in [0.2, 0.25) is 0 Å². The zero-order valence-electron chi connectivity index (χ0n) is 19.9. The SMILES string of the molecule is CCNc1nc2cc(OCCCN3CCCC3)c(OC)cc2c2c1CC(C)(C)C2.O=CO. The van der Waals surface area contributed by atoms with Gasteiger partial charge in [0.2, 0.25) is 0 Å². The van der Waals surface area contributed by atoms with Crippen LogP contribution >= 0.6 is 0 Å². The Labute approximate surface area is 191 Å². The van der Waals surface area contributed by atoms with Crippen molar-refractivity contribution in [1.82, 2.24) is 9.88 Å². The summed E-state index contributed by atoms with van der Waals surface area (Å²) >= 11 is 0. The predicted octanol–water partition coefficient (Wildman–Crippen LogP) is 4.37. The number of aromatic nitrogens is 1. The number of likely N-dealkylation sites (tertiary alicyclic amines) is 1. The number of hydrogen-bond acceptors (Lipinski definition) is 6. The Balaban J connectivity index is 0.000000913. The Hall–Kier alpha value is -2.54. The van der Waals surface area contributed by atoms with Gasteiger partial charge in [0.25, 0.3) is 6.47 Å². The van der Waals surface area contributed by atoms with Crippen molar-refractivity contribution in [2.45, 2.75) is 52.9 Å². The molecule has 176 valence electrons. The first-order valence-electron chi connectivity index (χ1n) is 11.6. The summed E-state index contributed by atoms with van der Waals surface area (Å²) in [5.41, 5.74) is 4.04. The van der Waals surface area contributed by atoms with E-state index in [1.165, 1.54) is 42.4 Å². The molecule has 7 nitrogen and oxygen atoms in total. The molecule has 1 aromatic carbocycles. The minimum absolute atomic E-state index is 0.250. The molecule has 0 radical (unpaired) electrons. The van der Waals surface area contributed by atoms with Crippen LogP contribution in [0.25, 0.3) is 10.9 Å². The maximum atomic E-state index is 8.36. The molecule has 1 saturated heterocycles. The standard InChI is InChI=1S/C24H35N3O2.CH2O2/c1-5-25-23-19-16-24(2,3)15-18(19)17-13-21(28-4)22(14-20(17)26-23)29-12-8-11-27-9-6-7-10-27;2-1-3/h13-14H,5-12,15-16H2,1-4H3,(H,25,26);1H,(H,2,3). The number of anilines is 1. The zero-order chi connectivity index (χ0) is 23.1. The summed E-state index contributed by atoms with van der Waals surface area (Å²) in [6.07, 6.45) is 5.83. The van der Waals surface area contributed by atoms with Gasteiger partial charge in [-0.25, -0.2) is 4.98 Å². The number of pyridine rings is 1. The molecule has 1 aromatic heterocycles. The molecule has 1 aliphatic carbocycles. The first-order chi connectivity index (χ1) is 15.4. The first kappa shape index (κ1) is 24.1. The Morgan fingerprint density at radius 2 is 1.88 bits per heavy atom. The highest BCUT2D eigenvalue weighted by Crippen LogP contribution is 2.44. The Kier molecular flexibility index (Phi) is 8.18. The molecule has 0 atom stereocenters. The lowest BCUT2D eigenvalue weighted by Gasteiger charge is -2.17. The van der Waals surface area contributed by atoms with E-state index in [-0.39, 0.29) is 11.9 Å². The largest absolute Gasteiger partial charge is 0.493 e. The van der Waals surface area contributed by atoms with Crippen molar-refractivity contribution in [2.75, 3.05) is 45.2 Å². The van der Waals surface area contributed by atoms with Crippen molar-refractivity contribution in [3.05, 3.63) is 23.3 Å². The number of benzene rings is 1. The van der Waals surface area contributed by atoms with Crippen LogP contribution in [0.15, 0.2) is 12.1 Å². The fraction of sp³-hybridized carbons (Fsp3) is 0.600. The van der Waals surface area contributed by atoms with E-state index in [1.54, 1.807) is 7.11 Å². The van der Waals surface area contributed by atoms with Crippen molar-refractivity contribution >= 4 is 23.2 Å². The third kappa shape index (κ3) is 5.63. The first-order valence-corrected chi connectivity index (χ1v) is 11.6. The number of fused-ring (bicyclic) bond motifs is 3. The third-order valence-electron chi connectivity index (χ3n) is 6.22. The van der Waals surface area contributed by atoms with E-state index in [1.807, 2.05) is 0 Å². The molecule has 7 heteroatoms. The van der Waals surface area contributed by atoms with Crippen LogP contribution in [0.1, 0.15) is 51.2 Å². The molecule has 0 unspecified atom stereocenters. The second kappa shape index (κ2) is 10.9. The number of rotatable bonds is 8. The van der Waals surface area contributed by atoms with Crippen molar-refractivity contribution in [1.29, 1.82) is 0 Å². The fourth-order valence-electron chi connectivity index (χ4n) is 4.85. The minimum atomic E-state index is -0.250. The second-order valence-corrected chi connectivity index (χ2v) is 9.34. The van der Waals surface area contributed by atoms with Gasteiger partial charge in [0.1, 0.15) is 5.82 Å². The average molecular weight is 444 g/mol. The van der Waals surface area contributed by atoms with Gasteiger partial charge in [-0.05, 0) is 74.7 Å². The molecule has 1 aliphatic heterocycles. The molecule has 32 heavy (non-hydrogen) atoms. The fourth-order valence-corrected chi connectivity index (χ4v) is 4.85. The number of ether oxygens (including phenoxy) is 2. The van der Waals surface area contributed by atoms with E-state index in [0.29, 0.717) is 6.61 Å².